The minimum atomic E-state index is -0.611. The van der Waals surface area contributed by atoms with Gasteiger partial charge in [-0.25, -0.2) is 9.55 Å². The second-order valence-electron chi connectivity index (χ2n) is 6.68. The molecule has 0 saturated heterocycles. The van der Waals surface area contributed by atoms with Crippen molar-refractivity contribution in [3.8, 4) is 18.0 Å². The van der Waals surface area contributed by atoms with E-state index in [0.717, 1.165) is 0 Å². The van der Waals surface area contributed by atoms with Crippen molar-refractivity contribution in [2.75, 3.05) is 11.1 Å². The first-order valence-corrected chi connectivity index (χ1v) is 9.81. The summed E-state index contributed by atoms with van der Waals surface area (Å²) >= 11 is 6.05. The maximum Gasteiger partial charge on any atom is 0.267 e. The Balaban J connectivity index is 1.98. The van der Waals surface area contributed by atoms with Crippen LogP contribution >= 0.6 is 11.6 Å². The van der Waals surface area contributed by atoms with Crippen LogP contribution in [0, 0.1) is 22.7 Å². The van der Waals surface area contributed by atoms with E-state index >= 15 is 0 Å². The van der Waals surface area contributed by atoms with Crippen LogP contribution in [0.5, 0.6) is 0 Å². The van der Waals surface area contributed by atoms with Crippen molar-refractivity contribution >= 4 is 34.3 Å². The Morgan fingerprint density at radius 3 is 2.72 bits per heavy atom. The van der Waals surface area contributed by atoms with E-state index in [0.29, 0.717) is 12.2 Å². The van der Waals surface area contributed by atoms with Crippen LogP contribution in [0.4, 0.5) is 11.8 Å². The summed E-state index contributed by atoms with van der Waals surface area (Å²) in [5.74, 6) is 0.670. The molecule has 0 unspecified atom stereocenters. The standard InChI is InChI=1S/C20H15ClN10O/c1-2-13(26-17-12(9-23)16(21)28-20(24)29-17)18-27-15-10(8-22)4-3-5-11(15)19(32)31(18)14-6-7-25-30-14/h3-7,13H,2H2,1H3,(H,25,30)(H3,24,26,28,29)/t13-/m0/s1. The van der Waals surface area contributed by atoms with E-state index < -0.39 is 6.04 Å². The van der Waals surface area contributed by atoms with Gasteiger partial charge in [0.15, 0.2) is 11.0 Å². The molecule has 0 saturated carbocycles. The van der Waals surface area contributed by atoms with E-state index in [2.05, 4.69) is 36.5 Å². The summed E-state index contributed by atoms with van der Waals surface area (Å²) in [4.78, 5) is 26.0. The topological polar surface area (TPSA) is 175 Å². The van der Waals surface area contributed by atoms with Crippen LogP contribution in [0.2, 0.25) is 5.15 Å². The van der Waals surface area contributed by atoms with Crippen molar-refractivity contribution in [3.63, 3.8) is 0 Å². The normalized spacial score (nSPS) is 11.6. The van der Waals surface area contributed by atoms with Gasteiger partial charge >= 0.3 is 0 Å². The minimum Gasteiger partial charge on any atom is -0.368 e. The maximum absolute atomic E-state index is 13.4. The number of anilines is 2. The number of aromatic nitrogens is 6. The number of halogens is 1. The molecule has 12 heteroatoms. The number of nitrogens with two attached hydrogens (primary N) is 1. The summed E-state index contributed by atoms with van der Waals surface area (Å²) in [5.41, 5.74) is 5.87. The molecule has 32 heavy (non-hydrogen) atoms. The molecule has 11 nitrogen and oxygen atoms in total. The molecule has 0 radical (unpaired) electrons. The number of nitriles is 2. The molecule has 0 amide bonds. The number of hydrogen-bond acceptors (Lipinski definition) is 9. The zero-order valence-electron chi connectivity index (χ0n) is 16.7. The predicted molar refractivity (Wildman–Crippen MR) is 117 cm³/mol. The number of nitrogens with zero attached hydrogens (tertiary/aromatic N) is 7. The fourth-order valence-corrected chi connectivity index (χ4v) is 3.54. The highest BCUT2D eigenvalue weighted by atomic mass is 35.5. The smallest absolute Gasteiger partial charge is 0.267 e. The van der Waals surface area contributed by atoms with Crippen LogP contribution in [0.1, 0.15) is 36.3 Å². The average Bonchev–Trinajstić information content (AvgIpc) is 3.31. The Morgan fingerprint density at radius 1 is 1.25 bits per heavy atom. The van der Waals surface area contributed by atoms with Crippen LogP contribution < -0.4 is 16.6 Å². The number of para-hydroxylation sites is 1. The summed E-state index contributed by atoms with van der Waals surface area (Å²) < 4.78 is 1.37. The zero-order valence-corrected chi connectivity index (χ0v) is 17.4. The summed E-state index contributed by atoms with van der Waals surface area (Å²) in [5, 5.41) is 29.0. The highest BCUT2D eigenvalue weighted by Crippen LogP contribution is 2.28. The lowest BCUT2D eigenvalue weighted by Gasteiger charge is -2.22. The van der Waals surface area contributed by atoms with Crippen molar-refractivity contribution in [2.45, 2.75) is 19.4 Å². The van der Waals surface area contributed by atoms with E-state index in [1.807, 2.05) is 13.0 Å². The van der Waals surface area contributed by atoms with Crippen LogP contribution in [-0.4, -0.2) is 29.7 Å². The molecular formula is C20H15ClN10O. The molecular weight excluding hydrogens is 432 g/mol. The van der Waals surface area contributed by atoms with Gasteiger partial charge in [0.25, 0.3) is 5.56 Å². The number of benzene rings is 1. The molecule has 0 fully saturated rings. The molecule has 4 aromatic rings. The minimum absolute atomic E-state index is 0.00765. The van der Waals surface area contributed by atoms with Gasteiger partial charge in [0.1, 0.15) is 29.3 Å². The maximum atomic E-state index is 13.4. The van der Waals surface area contributed by atoms with E-state index in [1.165, 1.54) is 10.8 Å². The van der Waals surface area contributed by atoms with Gasteiger partial charge in [-0.1, -0.05) is 24.6 Å². The Morgan fingerprint density at radius 2 is 2.06 bits per heavy atom. The van der Waals surface area contributed by atoms with Crippen molar-refractivity contribution in [1.82, 2.24) is 29.7 Å². The lowest BCUT2D eigenvalue weighted by Crippen LogP contribution is -2.29. The van der Waals surface area contributed by atoms with Gasteiger partial charge < -0.3 is 11.1 Å². The Kier molecular flexibility index (Phi) is 5.41. The van der Waals surface area contributed by atoms with Crippen molar-refractivity contribution < 1.29 is 0 Å². The molecule has 4 rings (SSSR count). The van der Waals surface area contributed by atoms with Gasteiger partial charge in [0.05, 0.1) is 28.7 Å². The molecule has 158 valence electrons. The number of aromatic amines is 1. The summed E-state index contributed by atoms with van der Waals surface area (Å²) in [7, 11) is 0. The first-order valence-electron chi connectivity index (χ1n) is 9.43. The van der Waals surface area contributed by atoms with Gasteiger partial charge in [-0.05, 0) is 18.6 Å². The molecule has 3 heterocycles. The fourth-order valence-electron chi connectivity index (χ4n) is 3.32. The van der Waals surface area contributed by atoms with Crippen LogP contribution in [0.25, 0.3) is 16.7 Å². The number of H-pyrrole nitrogens is 1. The van der Waals surface area contributed by atoms with Gasteiger partial charge in [0.2, 0.25) is 5.95 Å². The third kappa shape index (κ3) is 3.47. The van der Waals surface area contributed by atoms with E-state index in [4.69, 9.17) is 17.3 Å². The third-order valence-corrected chi connectivity index (χ3v) is 5.07. The zero-order chi connectivity index (χ0) is 22.8. The molecule has 0 aliphatic carbocycles. The van der Waals surface area contributed by atoms with Gasteiger partial charge in [-0.2, -0.15) is 25.6 Å². The third-order valence-electron chi connectivity index (χ3n) is 4.80. The number of nitrogen functional groups attached to an aromatic ring is 1. The largest absolute Gasteiger partial charge is 0.368 e. The van der Waals surface area contributed by atoms with Crippen LogP contribution in [-0.2, 0) is 0 Å². The SMILES string of the molecule is CC[C@H](Nc1nc(N)nc(Cl)c1C#N)c1nc2c(C#N)cccc2c(=O)n1-c1ccn[nH]1. The average molecular weight is 447 g/mol. The second-order valence-corrected chi connectivity index (χ2v) is 7.04. The number of hydrogen-bond donors (Lipinski definition) is 3. The van der Waals surface area contributed by atoms with Crippen LogP contribution in [0.15, 0.2) is 35.3 Å². The lowest BCUT2D eigenvalue weighted by molar-refractivity contribution is 0.652. The highest BCUT2D eigenvalue weighted by Gasteiger charge is 2.24. The molecule has 0 aliphatic heterocycles. The molecule has 0 bridgehead atoms. The molecule has 1 atom stereocenters. The van der Waals surface area contributed by atoms with Crippen molar-refractivity contribution in [1.29, 1.82) is 10.5 Å². The summed E-state index contributed by atoms with van der Waals surface area (Å²) in [6.07, 6.45) is 1.95. The Bertz CT molecular complexity index is 1460. The van der Waals surface area contributed by atoms with Gasteiger partial charge in [0, 0.05) is 6.07 Å². The predicted octanol–water partition coefficient (Wildman–Crippen LogP) is 2.44. The number of nitrogens with one attached hydrogen (secondary N) is 2. The van der Waals surface area contributed by atoms with Crippen molar-refractivity contribution in [3.05, 3.63) is 62.9 Å². The van der Waals surface area contributed by atoms with E-state index in [1.54, 1.807) is 24.3 Å². The monoisotopic (exact) mass is 446 g/mol. The molecule has 0 aliphatic rings. The quantitative estimate of drug-likeness (QED) is 0.388. The van der Waals surface area contributed by atoms with Crippen LogP contribution in [0.3, 0.4) is 0 Å². The number of fused-ring (bicyclic) bond motifs is 1. The first kappa shape index (κ1) is 20.8. The Hall–Kier alpha value is -4.48. The Labute approximate surface area is 186 Å². The molecule has 0 spiro atoms. The van der Waals surface area contributed by atoms with E-state index in [-0.39, 0.29) is 50.3 Å². The lowest BCUT2D eigenvalue weighted by atomic mass is 10.1. The number of rotatable bonds is 5. The van der Waals surface area contributed by atoms with Gasteiger partial charge in [-0.15, -0.1) is 0 Å². The first-order chi connectivity index (χ1) is 15.5. The molecule has 3 aromatic heterocycles. The van der Waals surface area contributed by atoms with Crippen molar-refractivity contribution in [2.24, 2.45) is 0 Å². The highest BCUT2D eigenvalue weighted by molar-refractivity contribution is 6.31. The van der Waals surface area contributed by atoms with E-state index in [9.17, 15) is 15.3 Å². The molecule has 1 aromatic carbocycles. The summed E-state index contributed by atoms with van der Waals surface area (Å²) in [6.45, 7) is 1.86. The fraction of sp³-hybridized carbons (Fsp3) is 0.150. The second kappa shape index (κ2) is 8.34. The summed E-state index contributed by atoms with van der Waals surface area (Å²) in [6, 6.07) is 9.86. The molecule has 4 N–H and O–H groups in total. The van der Waals surface area contributed by atoms with Gasteiger partial charge in [-0.3, -0.25) is 9.89 Å².